The van der Waals surface area contributed by atoms with Gasteiger partial charge in [0.2, 0.25) is 0 Å². The van der Waals surface area contributed by atoms with E-state index >= 15 is 0 Å². The standard InChI is InChI=1S/2C9H7.C3H7.3ClH.H2Si.Zr/c2*1-2-5-9-7-3-6-8(9)4-1;1-3-2;;;;;/h2*1-7H;1,3H2,2H3;3*1H;1H2;/q;;;;;;;+1/p-1. The van der Waals surface area contributed by atoms with E-state index in [0.29, 0.717) is 7.25 Å². The van der Waals surface area contributed by atoms with Gasteiger partial charge in [0.1, 0.15) is 0 Å². The maximum Gasteiger partial charge on any atom is -0.147 e. The van der Waals surface area contributed by atoms with Crippen molar-refractivity contribution in [1.82, 2.24) is 0 Å². The molecule has 0 saturated carbocycles. The summed E-state index contributed by atoms with van der Waals surface area (Å²) in [5.41, 5.74) is 5.64. The average molecular weight is 503 g/mol. The normalized spacial score (nSPS) is 20.1. The van der Waals surface area contributed by atoms with Crippen LogP contribution in [0, 0.1) is 0 Å². The van der Waals surface area contributed by atoms with Crippen LogP contribution < -0.4 is 0 Å². The van der Waals surface area contributed by atoms with Gasteiger partial charge >= 0.3 is 151 Å². The second-order valence-electron chi connectivity index (χ2n) is 7.40. The van der Waals surface area contributed by atoms with Gasteiger partial charge < -0.3 is 0 Å². The second-order valence-corrected chi connectivity index (χ2v) is 38.4. The Morgan fingerprint density at radius 1 is 0.846 bits per heavy atom. The van der Waals surface area contributed by atoms with Crippen molar-refractivity contribution in [3.05, 3.63) is 82.9 Å². The monoisotopic (exact) mass is 500 g/mol. The first kappa shape index (κ1) is 22.2. The van der Waals surface area contributed by atoms with E-state index in [1.807, 2.05) is 0 Å². The smallest absolute Gasteiger partial charge is 0.147 e. The first-order chi connectivity index (χ1) is 11.5. The Morgan fingerprint density at radius 2 is 1.27 bits per heavy atom. The van der Waals surface area contributed by atoms with E-state index in [0.717, 1.165) is 6.42 Å². The van der Waals surface area contributed by atoms with Crippen LogP contribution in [0.25, 0.3) is 12.2 Å². The van der Waals surface area contributed by atoms with E-state index in [9.17, 15) is 0 Å². The van der Waals surface area contributed by atoms with Crippen LogP contribution in [0.5, 0.6) is 0 Å². The Balaban J connectivity index is 0.00000121. The number of hydrogen-bond acceptors (Lipinski definition) is 0. The molecule has 0 fully saturated rings. The fraction of sp³-hybridized carbons (Fsp3) is 0.238. The molecule has 0 nitrogen and oxygen atoms in total. The largest absolute Gasteiger partial charge is 0.147 e. The van der Waals surface area contributed by atoms with E-state index in [-0.39, 0.29) is 24.8 Å². The minimum Gasteiger partial charge on any atom is -0.147 e. The van der Waals surface area contributed by atoms with Crippen molar-refractivity contribution in [2.75, 3.05) is 0 Å². The van der Waals surface area contributed by atoms with Crippen molar-refractivity contribution in [3.63, 3.8) is 0 Å². The minimum absolute atomic E-state index is 0. The third-order valence-electron chi connectivity index (χ3n) is 5.88. The SMILES string of the molecule is CC[CH2][Zr](=[SiH2])([Cl])([CH]1C=Cc2ccccc21)[CH]1C=Cc2ccccc21.Cl.Cl. The molecule has 2 aliphatic carbocycles. The third kappa shape index (κ3) is 3.38. The van der Waals surface area contributed by atoms with Crippen LogP contribution in [0.1, 0.15) is 42.8 Å². The van der Waals surface area contributed by atoms with E-state index in [1.54, 1.807) is 0 Å². The summed E-state index contributed by atoms with van der Waals surface area (Å²) in [6.07, 6.45) is 10.6. The Morgan fingerprint density at radius 3 is 1.69 bits per heavy atom. The van der Waals surface area contributed by atoms with Gasteiger partial charge in [-0.05, 0) is 0 Å². The number of rotatable bonds is 4. The molecule has 2 unspecified atom stereocenters. The van der Waals surface area contributed by atoms with E-state index in [1.165, 1.54) is 26.4 Å². The Bertz CT molecular complexity index is 867. The zero-order chi connectivity index (χ0) is 16.8. The molecule has 0 bridgehead atoms. The first-order valence-corrected chi connectivity index (χ1v) is 22.5. The Kier molecular flexibility index (Phi) is 6.91. The van der Waals surface area contributed by atoms with Gasteiger partial charge in [0, 0.05) is 0 Å². The van der Waals surface area contributed by atoms with E-state index < -0.39 is 16.2 Å². The zero-order valence-corrected chi connectivity index (χ0v) is 21.2. The molecule has 0 aromatic heterocycles. The van der Waals surface area contributed by atoms with Crippen LogP contribution in [-0.4, -0.2) is 6.88 Å². The fourth-order valence-electron chi connectivity index (χ4n) is 4.76. The summed E-state index contributed by atoms with van der Waals surface area (Å²) in [4.78, 5) is 0. The van der Waals surface area contributed by atoms with Gasteiger partial charge in [0.05, 0.1) is 0 Å². The summed E-state index contributed by atoms with van der Waals surface area (Å²) in [5, 5.41) is 0. The molecule has 0 amide bonds. The summed E-state index contributed by atoms with van der Waals surface area (Å²) in [7, 11) is 7.88. The minimum atomic E-state index is -3.65. The number of fused-ring (bicyclic) bond motifs is 2. The molecule has 0 spiro atoms. The molecule has 2 aliphatic rings. The third-order valence-corrected chi connectivity index (χ3v) is 30.8. The van der Waals surface area contributed by atoms with Crippen LogP contribution in [0.15, 0.2) is 60.7 Å². The predicted molar refractivity (Wildman–Crippen MR) is 120 cm³/mol. The van der Waals surface area contributed by atoms with Gasteiger partial charge in [-0.3, -0.25) is 0 Å². The van der Waals surface area contributed by atoms with Gasteiger partial charge in [-0.25, -0.2) is 0 Å². The van der Waals surface area contributed by atoms with Crippen LogP contribution in [-0.2, 0) is 16.2 Å². The molecular weight excluding hydrogens is 478 g/mol. The van der Waals surface area contributed by atoms with Gasteiger partial charge in [-0.2, -0.15) is 0 Å². The second kappa shape index (κ2) is 8.10. The van der Waals surface area contributed by atoms with Crippen molar-refractivity contribution >= 4 is 52.4 Å². The quantitative estimate of drug-likeness (QED) is 0.414. The molecule has 5 heteroatoms. The van der Waals surface area contributed by atoms with Crippen molar-refractivity contribution in [1.29, 1.82) is 0 Å². The van der Waals surface area contributed by atoms with Crippen molar-refractivity contribution in [2.45, 2.75) is 24.7 Å². The summed E-state index contributed by atoms with van der Waals surface area (Å²) >= 11 is -3.65. The van der Waals surface area contributed by atoms with Crippen LogP contribution in [0.3, 0.4) is 0 Å². The average Bonchev–Trinajstić information content (AvgIpc) is 3.20. The maximum atomic E-state index is 7.88. The number of hydrogen-bond donors (Lipinski definition) is 0. The summed E-state index contributed by atoms with van der Waals surface area (Å²) in [6.45, 7) is 4.51. The van der Waals surface area contributed by atoms with Crippen LogP contribution in [0.2, 0.25) is 4.13 Å². The summed E-state index contributed by atoms with van der Waals surface area (Å²) < 4.78 is 2.06. The number of halogens is 3. The molecular formula is C21H25Cl3SiZr. The number of allylic oxidation sites excluding steroid dienone is 2. The van der Waals surface area contributed by atoms with Gasteiger partial charge in [-0.15, -0.1) is 24.8 Å². The van der Waals surface area contributed by atoms with Gasteiger partial charge in [0.15, 0.2) is 0 Å². The van der Waals surface area contributed by atoms with Crippen LogP contribution in [0.4, 0.5) is 0 Å². The molecule has 2 aromatic rings. The first-order valence-electron chi connectivity index (χ1n) is 8.82. The zero-order valence-electron chi connectivity index (χ0n) is 14.9. The van der Waals surface area contributed by atoms with Crippen molar-refractivity contribution in [3.8, 4) is 0 Å². The molecule has 0 saturated heterocycles. The molecule has 4 rings (SSSR count). The van der Waals surface area contributed by atoms with Gasteiger partial charge in [-0.1, -0.05) is 0 Å². The van der Waals surface area contributed by atoms with Crippen LogP contribution >= 0.6 is 33.3 Å². The predicted octanol–water partition coefficient (Wildman–Crippen LogP) is 6.59. The Labute approximate surface area is 175 Å². The molecule has 26 heavy (non-hydrogen) atoms. The van der Waals surface area contributed by atoms with E-state index in [4.69, 9.17) is 8.51 Å². The fourth-order valence-corrected chi connectivity index (χ4v) is 27.3. The molecule has 2 aromatic carbocycles. The van der Waals surface area contributed by atoms with Gasteiger partial charge in [0.25, 0.3) is 0 Å². The number of benzene rings is 2. The molecule has 138 valence electrons. The molecule has 0 aliphatic heterocycles. The van der Waals surface area contributed by atoms with Crippen molar-refractivity contribution in [2.24, 2.45) is 0 Å². The summed E-state index contributed by atoms with van der Waals surface area (Å²) in [6, 6.07) is 17.6. The maximum absolute atomic E-state index is 7.88. The molecule has 0 N–H and O–H groups in total. The molecule has 0 heterocycles. The topological polar surface area (TPSA) is 0 Å². The molecule has 0 radical (unpaired) electrons. The summed E-state index contributed by atoms with van der Waals surface area (Å²) in [5.74, 6) is 0. The van der Waals surface area contributed by atoms with Crippen molar-refractivity contribution < 1.29 is 16.2 Å². The Hall–Kier alpha value is -0.110. The van der Waals surface area contributed by atoms with E-state index in [2.05, 4.69) is 86.6 Å². The molecule has 2 atom stereocenters.